The number of aromatic nitrogens is 2. The Morgan fingerprint density at radius 2 is 2.46 bits per heavy atom. The minimum atomic E-state index is -0.176. The second-order valence-electron chi connectivity index (χ2n) is 2.76. The molecule has 68 valence electrons. The third kappa shape index (κ3) is 2.78. The molecule has 0 radical (unpaired) electrons. The molecule has 1 aromatic rings. The van der Waals surface area contributed by atoms with E-state index in [2.05, 4.69) is 12.1 Å². The molecule has 0 aliphatic rings. The molecule has 4 nitrogen and oxygen atoms in total. The van der Waals surface area contributed by atoms with Gasteiger partial charge in [0.1, 0.15) is 0 Å². The van der Waals surface area contributed by atoms with Gasteiger partial charge in [-0.3, -0.25) is 0 Å². The number of carbonyl (C=O) groups excluding carboxylic acids is 1. The molecule has 0 aliphatic carbocycles. The van der Waals surface area contributed by atoms with Crippen molar-refractivity contribution < 1.29 is 9.53 Å². The number of aryl methyl sites for hydroxylation is 1. The van der Waals surface area contributed by atoms with E-state index in [1.165, 1.54) is 12.8 Å². The van der Waals surface area contributed by atoms with Crippen LogP contribution in [0.2, 0.25) is 0 Å². The van der Waals surface area contributed by atoms with Crippen molar-refractivity contribution in [3.63, 3.8) is 0 Å². The Balaban J connectivity index is 2.55. The molecule has 0 atom stereocenters. The predicted molar refractivity (Wildman–Crippen MR) is 48.5 cm³/mol. The molecule has 0 fully saturated rings. The molecule has 0 bridgehead atoms. The van der Waals surface area contributed by atoms with Gasteiger partial charge in [-0.25, -0.2) is 0 Å². The Bertz CT molecular complexity index is 309. The summed E-state index contributed by atoms with van der Waals surface area (Å²) in [6.07, 6.45) is 2.92. The van der Waals surface area contributed by atoms with E-state index in [-0.39, 0.29) is 5.97 Å². The van der Waals surface area contributed by atoms with Crippen LogP contribution >= 0.6 is 0 Å². The molecule has 1 heterocycles. The molecule has 0 saturated carbocycles. The average molecular weight is 372 g/mol. The molecule has 0 saturated heterocycles. The Kier molecular flexibility index (Phi) is 3.89. The molecule has 0 unspecified atom stereocenters. The van der Waals surface area contributed by atoms with Crippen LogP contribution in [0.1, 0.15) is 17.8 Å². The van der Waals surface area contributed by atoms with E-state index in [4.69, 9.17) is 0 Å². The molecule has 0 N–H and O–H groups in total. The summed E-state index contributed by atoms with van der Waals surface area (Å²) in [5.74, 6) is -0.176. The van der Waals surface area contributed by atoms with Gasteiger partial charge in [0, 0.05) is 0 Å². The molecule has 1 aromatic heterocycles. The first-order valence-corrected chi connectivity index (χ1v) is 6.00. The van der Waals surface area contributed by atoms with Gasteiger partial charge >= 0.3 is 93.5 Å². The molecule has 1 rings (SSSR count). The summed E-state index contributed by atoms with van der Waals surface area (Å²) < 4.78 is 6.66. The molecule has 13 heavy (non-hydrogen) atoms. The first-order valence-electron chi connectivity index (χ1n) is 4.00. The monoisotopic (exact) mass is 372 g/mol. The summed E-state index contributed by atoms with van der Waals surface area (Å²) in [7, 11) is 1.40. The summed E-state index contributed by atoms with van der Waals surface area (Å²) in [5.41, 5.74) is 2.18. The quantitative estimate of drug-likeness (QED) is 0.564. The van der Waals surface area contributed by atoms with Crippen LogP contribution in [0.5, 0.6) is 0 Å². The average Bonchev–Trinajstić information content (AvgIpc) is 2.44. The van der Waals surface area contributed by atoms with Gasteiger partial charge in [-0.15, -0.1) is 0 Å². The zero-order valence-corrected chi connectivity index (χ0v) is 12.3. The number of hydrogen-bond acceptors (Lipinski definition) is 3. The fourth-order valence-corrected chi connectivity index (χ4v) is 1.87. The number of hydrogen-bond donors (Lipinski definition) is 0. The molecule has 0 aliphatic heterocycles. The molecule has 0 aromatic carbocycles. The van der Waals surface area contributed by atoms with E-state index >= 15 is 0 Å². The van der Waals surface area contributed by atoms with E-state index in [0.717, 1.165) is 31.8 Å². The van der Waals surface area contributed by atoms with Gasteiger partial charge < -0.3 is 0 Å². The molecular weight excluding hydrogens is 360 g/mol. The van der Waals surface area contributed by atoms with Crippen LogP contribution in [0.3, 0.4) is 0 Å². The number of esters is 1. The van der Waals surface area contributed by atoms with Crippen molar-refractivity contribution in [2.75, 3.05) is 7.11 Å². The maximum atomic E-state index is 10.9. The molecule has 0 amide bonds. The topological polar surface area (TPSA) is 44.1 Å². The van der Waals surface area contributed by atoms with Crippen molar-refractivity contribution in [2.45, 2.75) is 19.8 Å². The van der Waals surface area contributed by atoms with Gasteiger partial charge in [-0.2, -0.15) is 0 Å². The number of ether oxygens (including phenoxy) is 1. The van der Waals surface area contributed by atoms with Gasteiger partial charge in [0.05, 0.1) is 0 Å². The van der Waals surface area contributed by atoms with Gasteiger partial charge in [0.25, 0.3) is 0 Å². The summed E-state index contributed by atoms with van der Waals surface area (Å²) in [5, 5.41) is 0. The van der Waals surface area contributed by atoms with Crippen molar-refractivity contribution in [1.82, 2.24) is 7.36 Å². The maximum absolute atomic E-state index is 10.9. The van der Waals surface area contributed by atoms with E-state index in [9.17, 15) is 4.79 Å². The van der Waals surface area contributed by atoms with Gasteiger partial charge in [-0.05, 0) is 0 Å². The third-order valence-electron chi connectivity index (χ3n) is 1.94. The number of methoxy groups -OCH3 is 1. The van der Waals surface area contributed by atoms with E-state index < -0.39 is 0 Å². The van der Waals surface area contributed by atoms with Crippen LogP contribution in [0.25, 0.3) is 0 Å². The fraction of sp³-hybridized carbons (Fsp3) is 0.500. The van der Waals surface area contributed by atoms with E-state index in [1.807, 2.05) is 13.3 Å². The zero-order chi connectivity index (χ0) is 9.84. The SMILES string of the molecule is COC(=O)CCc1nc[n]([Tl])c1C. The van der Waals surface area contributed by atoms with Crippen LogP contribution in [-0.2, 0) is 16.0 Å². The molecular formula is C8H11N2O2Tl. The number of carbonyl (C=O) groups is 1. The minimum absolute atomic E-state index is 0.176. The van der Waals surface area contributed by atoms with Crippen LogP contribution in [-0.4, -0.2) is 46.5 Å². The summed E-state index contributed by atoms with van der Waals surface area (Å²) in [6.45, 7) is 2.03. The van der Waals surface area contributed by atoms with E-state index in [1.54, 1.807) is 0 Å². The Morgan fingerprint density at radius 3 is 2.92 bits per heavy atom. The van der Waals surface area contributed by atoms with Crippen LogP contribution in [0.4, 0.5) is 0 Å². The normalized spacial score (nSPS) is 9.92. The van der Waals surface area contributed by atoms with Gasteiger partial charge in [0.2, 0.25) is 0 Å². The van der Waals surface area contributed by atoms with Crippen molar-refractivity contribution in [3.8, 4) is 0 Å². The van der Waals surface area contributed by atoms with Crippen molar-refractivity contribution >= 4 is 32.0 Å². The van der Waals surface area contributed by atoms with Crippen molar-refractivity contribution in [1.29, 1.82) is 0 Å². The number of nitrogens with zero attached hydrogens (tertiary/aromatic N) is 2. The van der Waals surface area contributed by atoms with Crippen LogP contribution < -0.4 is 0 Å². The number of rotatable bonds is 3. The first kappa shape index (κ1) is 10.7. The Labute approximate surface area is 93.4 Å². The van der Waals surface area contributed by atoms with Crippen LogP contribution in [0.15, 0.2) is 6.33 Å². The Hall–Kier alpha value is -0.398. The predicted octanol–water partition coefficient (Wildman–Crippen LogP) is 0.229. The van der Waals surface area contributed by atoms with Gasteiger partial charge in [0.15, 0.2) is 0 Å². The van der Waals surface area contributed by atoms with Crippen molar-refractivity contribution in [3.05, 3.63) is 17.7 Å². The van der Waals surface area contributed by atoms with E-state index in [0.29, 0.717) is 12.8 Å². The zero-order valence-electron chi connectivity index (χ0n) is 7.78. The third-order valence-corrected chi connectivity index (χ3v) is 3.96. The summed E-state index contributed by atoms with van der Waals surface area (Å²) in [6, 6.07) is 0. The molecule has 0 spiro atoms. The molecule has 5 heteroatoms. The van der Waals surface area contributed by atoms with Gasteiger partial charge in [-0.1, -0.05) is 0 Å². The second kappa shape index (κ2) is 4.73. The second-order valence-corrected chi connectivity index (χ2v) is 4.92. The summed E-state index contributed by atoms with van der Waals surface area (Å²) in [4.78, 5) is 15.1. The first-order chi connectivity index (χ1) is 6.15. The standard InChI is InChI=1S/C8H11N2O2.Tl/c1-6-7(10-5-9-6)3-4-8(11)12-2;/h5H,3-4H2,1-2H3;/q-1;+1. The number of imidazole rings is 1. The summed E-state index contributed by atoms with van der Waals surface area (Å²) >= 11 is 0.740. The van der Waals surface area contributed by atoms with Crippen molar-refractivity contribution in [2.24, 2.45) is 0 Å². The van der Waals surface area contributed by atoms with Crippen LogP contribution in [0, 0.1) is 6.92 Å². The fourth-order valence-electron chi connectivity index (χ4n) is 1.03. The Morgan fingerprint density at radius 1 is 1.77 bits per heavy atom.